The van der Waals surface area contributed by atoms with Crippen LogP contribution < -0.4 is 11.5 Å². The maximum Gasteiger partial charge on any atom is 0.0393 e. The fraction of sp³-hybridized carbons (Fsp3) is 0.0370. The average Bonchev–Trinajstić information content (AvgIpc) is 2.79. The van der Waals surface area contributed by atoms with Crippen molar-refractivity contribution in [2.24, 2.45) is 5.73 Å². The molecule has 4 aromatic carbocycles. The van der Waals surface area contributed by atoms with Crippen molar-refractivity contribution >= 4 is 17.3 Å². The number of nitrogen functional groups attached to an aromatic ring is 1. The van der Waals surface area contributed by atoms with Gasteiger partial charge in [0, 0.05) is 17.8 Å². The van der Waals surface area contributed by atoms with E-state index in [0.717, 1.165) is 39.1 Å². The van der Waals surface area contributed by atoms with Gasteiger partial charge in [0.25, 0.3) is 0 Å². The molecule has 0 saturated heterocycles. The van der Waals surface area contributed by atoms with Gasteiger partial charge in [0.1, 0.15) is 0 Å². The quantitative estimate of drug-likeness (QED) is 0.332. The van der Waals surface area contributed by atoms with Gasteiger partial charge in [-0.15, -0.1) is 0 Å². The van der Waals surface area contributed by atoms with E-state index in [1.54, 1.807) is 0 Å². The van der Waals surface area contributed by atoms with Gasteiger partial charge in [-0.05, 0) is 45.5 Å². The Bertz CT molecular complexity index is 1130. The molecule has 0 amide bonds. The van der Waals surface area contributed by atoms with Crippen LogP contribution >= 0.6 is 0 Å². The number of anilines is 1. The second-order valence-electron chi connectivity index (χ2n) is 7.00. The zero-order chi connectivity index (χ0) is 20.1. The summed E-state index contributed by atoms with van der Waals surface area (Å²) < 4.78 is 0. The average molecular weight is 377 g/mol. The molecule has 0 spiro atoms. The summed E-state index contributed by atoms with van der Waals surface area (Å²) in [5, 5.41) is 0. The number of nitrogens with two attached hydrogens (primary N) is 2. The van der Waals surface area contributed by atoms with E-state index in [4.69, 9.17) is 11.5 Å². The Hall–Kier alpha value is -3.62. The van der Waals surface area contributed by atoms with E-state index in [-0.39, 0.29) is 0 Å². The topological polar surface area (TPSA) is 52.0 Å². The Kier molecular flexibility index (Phi) is 5.55. The van der Waals surface area contributed by atoms with Gasteiger partial charge in [0.15, 0.2) is 0 Å². The molecule has 0 saturated carbocycles. The summed E-state index contributed by atoms with van der Waals surface area (Å²) in [4.78, 5) is 0. The van der Waals surface area contributed by atoms with Crippen LogP contribution in [0.25, 0.3) is 22.8 Å². The lowest BCUT2D eigenvalue weighted by Gasteiger charge is -2.16. The van der Waals surface area contributed by atoms with Gasteiger partial charge in [-0.1, -0.05) is 97.1 Å². The monoisotopic (exact) mass is 376 g/mol. The van der Waals surface area contributed by atoms with Gasteiger partial charge < -0.3 is 11.5 Å². The molecule has 0 unspecified atom stereocenters. The minimum Gasteiger partial charge on any atom is -0.398 e. The van der Waals surface area contributed by atoms with E-state index in [1.807, 2.05) is 24.3 Å². The summed E-state index contributed by atoms with van der Waals surface area (Å²) in [5.41, 5.74) is 20.8. The number of benzene rings is 4. The highest BCUT2D eigenvalue weighted by atomic mass is 14.6. The predicted molar refractivity (Wildman–Crippen MR) is 124 cm³/mol. The molecule has 0 aliphatic rings. The molecule has 0 aromatic heterocycles. The van der Waals surface area contributed by atoms with Gasteiger partial charge in [-0.25, -0.2) is 0 Å². The minimum absolute atomic E-state index is 0.543. The van der Waals surface area contributed by atoms with Gasteiger partial charge in [0.05, 0.1) is 0 Å². The lowest BCUT2D eigenvalue weighted by molar-refractivity contribution is 1.07. The maximum atomic E-state index is 6.38. The summed E-state index contributed by atoms with van der Waals surface area (Å²) >= 11 is 0. The molecule has 142 valence electrons. The van der Waals surface area contributed by atoms with Crippen LogP contribution in [-0.2, 0) is 6.54 Å². The standard InChI is InChI=1S/C27H24N2/c28-19-21-14-16-22(17-15-21)23-10-4-5-11-24(23)26(18-20-8-2-1-3-9-20)25-12-6-7-13-27(25)29/h1-18H,19,28-29H2. The largest absolute Gasteiger partial charge is 0.398 e. The fourth-order valence-corrected chi connectivity index (χ4v) is 3.55. The van der Waals surface area contributed by atoms with Crippen LogP contribution in [0, 0.1) is 0 Å². The van der Waals surface area contributed by atoms with E-state index >= 15 is 0 Å². The third kappa shape index (κ3) is 4.13. The summed E-state index contributed by atoms with van der Waals surface area (Å²) in [6, 6.07) is 35.3. The number of hydrogen-bond donors (Lipinski definition) is 2. The van der Waals surface area contributed by atoms with Crippen LogP contribution in [0.5, 0.6) is 0 Å². The van der Waals surface area contributed by atoms with Crippen LogP contribution in [0.2, 0.25) is 0 Å². The molecule has 0 aliphatic carbocycles. The van der Waals surface area contributed by atoms with Crippen LogP contribution in [0.4, 0.5) is 5.69 Å². The van der Waals surface area contributed by atoms with Crippen LogP contribution in [-0.4, -0.2) is 0 Å². The first-order chi connectivity index (χ1) is 14.3. The van der Waals surface area contributed by atoms with Crippen molar-refractivity contribution in [1.82, 2.24) is 0 Å². The maximum absolute atomic E-state index is 6.38. The smallest absolute Gasteiger partial charge is 0.0393 e. The minimum atomic E-state index is 0.543. The molecular weight excluding hydrogens is 352 g/mol. The first kappa shape index (κ1) is 18.7. The van der Waals surface area contributed by atoms with Crippen LogP contribution in [0.15, 0.2) is 103 Å². The Morgan fingerprint density at radius 1 is 0.655 bits per heavy atom. The molecular formula is C27H24N2. The van der Waals surface area contributed by atoms with Crippen LogP contribution in [0.3, 0.4) is 0 Å². The van der Waals surface area contributed by atoms with Gasteiger partial charge in [-0.3, -0.25) is 0 Å². The SMILES string of the molecule is NCc1ccc(-c2ccccc2C(=Cc2ccccc2)c2ccccc2N)cc1. The van der Waals surface area contributed by atoms with E-state index < -0.39 is 0 Å². The predicted octanol–water partition coefficient (Wildman–Crippen LogP) is 5.98. The lowest BCUT2D eigenvalue weighted by Crippen LogP contribution is -1.98. The molecule has 0 bridgehead atoms. The van der Waals surface area contributed by atoms with E-state index in [1.165, 1.54) is 5.56 Å². The van der Waals surface area contributed by atoms with Crippen molar-refractivity contribution in [2.75, 3.05) is 5.73 Å². The first-order valence-electron chi connectivity index (χ1n) is 9.76. The van der Waals surface area contributed by atoms with E-state index in [9.17, 15) is 0 Å². The van der Waals surface area contributed by atoms with Crippen molar-refractivity contribution in [3.05, 3.63) is 125 Å². The van der Waals surface area contributed by atoms with E-state index in [2.05, 4.69) is 84.9 Å². The van der Waals surface area contributed by atoms with Gasteiger partial charge >= 0.3 is 0 Å². The summed E-state index contributed by atoms with van der Waals surface area (Å²) in [6.45, 7) is 0.543. The molecule has 0 radical (unpaired) electrons. The van der Waals surface area contributed by atoms with Crippen molar-refractivity contribution in [3.8, 4) is 11.1 Å². The number of hydrogen-bond acceptors (Lipinski definition) is 2. The Morgan fingerprint density at radius 3 is 1.97 bits per heavy atom. The molecule has 4 rings (SSSR count). The molecule has 0 aliphatic heterocycles. The zero-order valence-corrected chi connectivity index (χ0v) is 16.3. The van der Waals surface area contributed by atoms with E-state index in [0.29, 0.717) is 6.54 Å². The molecule has 29 heavy (non-hydrogen) atoms. The second-order valence-corrected chi connectivity index (χ2v) is 7.00. The Balaban J connectivity index is 1.92. The van der Waals surface area contributed by atoms with Crippen molar-refractivity contribution < 1.29 is 0 Å². The Labute approximate surface area is 172 Å². The highest BCUT2D eigenvalue weighted by Crippen LogP contribution is 2.36. The first-order valence-corrected chi connectivity index (χ1v) is 9.76. The van der Waals surface area contributed by atoms with Crippen molar-refractivity contribution in [2.45, 2.75) is 6.54 Å². The third-order valence-corrected chi connectivity index (χ3v) is 5.08. The third-order valence-electron chi connectivity index (χ3n) is 5.08. The summed E-state index contributed by atoms with van der Waals surface area (Å²) in [5.74, 6) is 0. The van der Waals surface area contributed by atoms with Crippen LogP contribution in [0.1, 0.15) is 22.3 Å². The normalized spacial score (nSPS) is 11.4. The molecule has 0 atom stereocenters. The highest BCUT2D eigenvalue weighted by molar-refractivity contribution is 5.99. The highest BCUT2D eigenvalue weighted by Gasteiger charge is 2.13. The molecule has 2 nitrogen and oxygen atoms in total. The van der Waals surface area contributed by atoms with Crippen molar-refractivity contribution in [3.63, 3.8) is 0 Å². The molecule has 0 heterocycles. The lowest BCUT2D eigenvalue weighted by atomic mass is 9.88. The Morgan fingerprint density at radius 2 is 1.28 bits per heavy atom. The zero-order valence-electron chi connectivity index (χ0n) is 16.3. The molecule has 0 fully saturated rings. The molecule has 4 N–H and O–H groups in total. The summed E-state index contributed by atoms with van der Waals surface area (Å²) in [7, 11) is 0. The molecule has 2 heteroatoms. The van der Waals surface area contributed by atoms with Crippen molar-refractivity contribution in [1.29, 1.82) is 0 Å². The fourth-order valence-electron chi connectivity index (χ4n) is 3.55. The van der Waals surface area contributed by atoms with Gasteiger partial charge in [-0.2, -0.15) is 0 Å². The summed E-state index contributed by atoms with van der Waals surface area (Å²) in [6.07, 6.45) is 2.21. The number of rotatable bonds is 5. The van der Waals surface area contributed by atoms with Gasteiger partial charge in [0.2, 0.25) is 0 Å². The number of para-hydroxylation sites is 1. The molecule has 4 aromatic rings. The second kappa shape index (κ2) is 8.59.